The maximum atomic E-state index is 11.6. The first-order valence-corrected chi connectivity index (χ1v) is 5.68. The Morgan fingerprint density at radius 1 is 1.62 bits per heavy atom. The summed E-state index contributed by atoms with van der Waals surface area (Å²) in [4.78, 5) is 24.3. The molecule has 0 aliphatic carbocycles. The van der Waals surface area contributed by atoms with E-state index in [1.54, 1.807) is 0 Å². The smallest absolute Gasteiger partial charge is 0.311 e. The van der Waals surface area contributed by atoms with Crippen LogP contribution < -0.4 is 4.90 Å². The molecule has 1 saturated heterocycles. The van der Waals surface area contributed by atoms with Crippen LogP contribution in [0.15, 0.2) is 0 Å². The van der Waals surface area contributed by atoms with Crippen LogP contribution in [0.3, 0.4) is 0 Å². The van der Waals surface area contributed by atoms with Crippen LogP contribution in [0, 0.1) is 5.92 Å². The summed E-state index contributed by atoms with van der Waals surface area (Å²) in [7, 11) is 1.30. The van der Waals surface area contributed by atoms with E-state index in [1.807, 2.05) is 0 Å². The van der Waals surface area contributed by atoms with E-state index >= 15 is 0 Å². The Balaban J connectivity index is 2.14. The van der Waals surface area contributed by atoms with E-state index in [0.29, 0.717) is 5.13 Å². The number of anilines is 1. The number of carbonyl (C=O) groups is 2. The standard InChI is InChI=1S/C8H8ClN3O3S/c1-15-6(14)4-2-5(13)12(3-4)8-11-10-7(9)16-8/h4H,2-3H2,1H3. The summed E-state index contributed by atoms with van der Waals surface area (Å²) in [6.45, 7) is 0.275. The summed E-state index contributed by atoms with van der Waals surface area (Å²) in [6, 6.07) is 0. The molecule has 1 aromatic rings. The van der Waals surface area contributed by atoms with Crippen LogP contribution in [0.1, 0.15) is 6.42 Å². The number of nitrogens with zero attached hydrogens (tertiary/aromatic N) is 3. The number of hydrogen-bond acceptors (Lipinski definition) is 6. The van der Waals surface area contributed by atoms with Gasteiger partial charge in [0.25, 0.3) is 0 Å². The van der Waals surface area contributed by atoms with Crippen molar-refractivity contribution < 1.29 is 14.3 Å². The van der Waals surface area contributed by atoms with Crippen molar-refractivity contribution in [3.63, 3.8) is 0 Å². The van der Waals surface area contributed by atoms with Gasteiger partial charge in [0.05, 0.1) is 13.0 Å². The molecular formula is C8H8ClN3O3S. The zero-order valence-corrected chi connectivity index (χ0v) is 9.92. The lowest BCUT2D eigenvalue weighted by atomic mass is 10.1. The summed E-state index contributed by atoms with van der Waals surface area (Å²) in [5.41, 5.74) is 0. The van der Waals surface area contributed by atoms with Gasteiger partial charge in [-0.05, 0) is 11.6 Å². The predicted molar refractivity (Wildman–Crippen MR) is 57.4 cm³/mol. The van der Waals surface area contributed by atoms with Crippen molar-refractivity contribution in [3.05, 3.63) is 4.47 Å². The molecule has 86 valence electrons. The van der Waals surface area contributed by atoms with E-state index in [2.05, 4.69) is 14.9 Å². The highest BCUT2D eigenvalue weighted by Gasteiger charge is 2.37. The highest BCUT2D eigenvalue weighted by molar-refractivity contribution is 7.19. The van der Waals surface area contributed by atoms with Gasteiger partial charge in [-0.2, -0.15) is 0 Å². The lowest BCUT2D eigenvalue weighted by molar-refractivity contribution is -0.145. The van der Waals surface area contributed by atoms with E-state index in [4.69, 9.17) is 11.6 Å². The van der Waals surface area contributed by atoms with Crippen molar-refractivity contribution in [2.45, 2.75) is 6.42 Å². The monoisotopic (exact) mass is 261 g/mol. The Morgan fingerprint density at radius 2 is 2.38 bits per heavy atom. The Kier molecular flexibility index (Phi) is 3.06. The van der Waals surface area contributed by atoms with Crippen LogP contribution in [0.2, 0.25) is 4.47 Å². The van der Waals surface area contributed by atoms with Crippen LogP contribution in [0.5, 0.6) is 0 Å². The fourth-order valence-electron chi connectivity index (χ4n) is 1.52. The fraction of sp³-hybridized carbons (Fsp3) is 0.500. The van der Waals surface area contributed by atoms with E-state index in [1.165, 1.54) is 12.0 Å². The zero-order chi connectivity index (χ0) is 11.7. The number of ether oxygens (including phenoxy) is 1. The van der Waals surface area contributed by atoms with Gasteiger partial charge in [0.2, 0.25) is 15.5 Å². The van der Waals surface area contributed by atoms with Crippen molar-refractivity contribution >= 4 is 39.9 Å². The van der Waals surface area contributed by atoms with Gasteiger partial charge in [-0.25, -0.2) is 0 Å². The van der Waals surface area contributed by atoms with Crippen molar-refractivity contribution in [3.8, 4) is 0 Å². The Labute approximate surface area is 100 Å². The highest BCUT2D eigenvalue weighted by atomic mass is 35.5. The number of aromatic nitrogens is 2. The van der Waals surface area contributed by atoms with Crippen LogP contribution in [-0.4, -0.2) is 35.7 Å². The number of methoxy groups -OCH3 is 1. The fourth-order valence-corrected chi connectivity index (χ4v) is 2.37. The third kappa shape index (κ3) is 2.00. The maximum absolute atomic E-state index is 11.6. The number of amides is 1. The first-order chi connectivity index (χ1) is 7.61. The third-order valence-corrected chi connectivity index (χ3v) is 3.32. The molecule has 1 aromatic heterocycles. The average Bonchev–Trinajstić information content (AvgIpc) is 2.83. The number of esters is 1. The van der Waals surface area contributed by atoms with Gasteiger partial charge < -0.3 is 4.74 Å². The van der Waals surface area contributed by atoms with Crippen molar-refractivity contribution in [1.82, 2.24) is 10.2 Å². The normalized spacial score (nSPS) is 20.2. The minimum atomic E-state index is -0.430. The van der Waals surface area contributed by atoms with Gasteiger partial charge in [0.15, 0.2) is 0 Å². The number of rotatable bonds is 2. The van der Waals surface area contributed by atoms with Crippen molar-refractivity contribution in [2.24, 2.45) is 5.92 Å². The topological polar surface area (TPSA) is 72.4 Å². The van der Waals surface area contributed by atoms with Crippen LogP contribution in [0.25, 0.3) is 0 Å². The van der Waals surface area contributed by atoms with E-state index in [9.17, 15) is 9.59 Å². The number of hydrogen-bond donors (Lipinski definition) is 0. The molecule has 8 heteroatoms. The first kappa shape index (κ1) is 11.3. The van der Waals surface area contributed by atoms with Gasteiger partial charge in [0, 0.05) is 13.0 Å². The maximum Gasteiger partial charge on any atom is 0.311 e. The summed E-state index contributed by atoms with van der Waals surface area (Å²) in [5, 5.41) is 7.78. The Morgan fingerprint density at radius 3 is 2.94 bits per heavy atom. The zero-order valence-electron chi connectivity index (χ0n) is 8.34. The Bertz CT molecular complexity index is 436. The summed E-state index contributed by atoms with van der Waals surface area (Å²) in [5.74, 6) is -0.977. The molecule has 1 aliphatic rings. The average molecular weight is 262 g/mol. The Hall–Kier alpha value is -1.21. The lowest BCUT2D eigenvalue weighted by Crippen LogP contribution is -2.26. The van der Waals surface area contributed by atoms with Crippen LogP contribution >= 0.6 is 22.9 Å². The molecule has 2 rings (SSSR count). The number of halogens is 1. The molecule has 0 aromatic carbocycles. The number of carbonyl (C=O) groups excluding carboxylic acids is 2. The molecule has 1 amide bonds. The molecule has 0 radical (unpaired) electrons. The second-order valence-electron chi connectivity index (χ2n) is 3.27. The molecule has 0 saturated carbocycles. The molecule has 0 N–H and O–H groups in total. The van der Waals surface area contributed by atoms with Gasteiger partial charge in [0.1, 0.15) is 0 Å². The molecule has 6 nitrogen and oxygen atoms in total. The second-order valence-corrected chi connectivity index (χ2v) is 4.80. The summed E-state index contributed by atoms with van der Waals surface area (Å²) in [6.07, 6.45) is 0.143. The van der Waals surface area contributed by atoms with Crippen LogP contribution in [0.4, 0.5) is 5.13 Å². The summed E-state index contributed by atoms with van der Waals surface area (Å²) >= 11 is 6.73. The van der Waals surface area contributed by atoms with Gasteiger partial charge >= 0.3 is 5.97 Å². The van der Waals surface area contributed by atoms with E-state index in [0.717, 1.165) is 11.3 Å². The molecule has 16 heavy (non-hydrogen) atoms. The van der Waals surface area contributed by atoms with E-state index in [-0.39, 0.29) is 29.3 Å². The molecule has 0 spiro atoms. The lowest BCUT2D eigenvalue weighted by Gasteiger charge is -2.10. The van der Waals surface area contributed by atoms with Crippen molar-refractivity contribution in [1.29, 1.82) is 0 Å². The molecule has 1 unspecified atom stereocenters. The minimum absolute atomic E-state index is 0.143. The SMILES string of the molecule is COC(=O)C1CC(=O)N(c2nnc(Cl)s2)C1. The predicted octanol–water partition coefficient (Wildman–Crippen LogP) is 0.717. The van der Waals surface area contributed by atoms with Gasteiger partial charge in [-0.15, -0.1) is 10.2 Å². The van der Waals surface area contributed by atoms with Crippen LogP contribution in [-0.2, 0) is 14.3 Å². The second kappa shape index (κ2) is 4.34. The quantitative estimate of drug-likeness (QED) is 0.734. The first-order valence-electron chi connectivity index (χ1n) is 4.49. The molecule has 0 bridgehead atoms. The minimum Gasteiger partial charge on any atom is -0.469 e. The van der Waals surface area contributed by atoms with Crippen molar-refractivity contribution in [2.75, 3.05) is 18.6 Å². The van der Waals surface area contributed by atoms with E-state index < -0.39 is 5.92 Å². The van der Waals surface area contributed by atoms with Gasteiger partial charge in [-0.3, -0.25) is 14.5 Å². The molecular weight excluding hydrogens is 254 g/mol. The highest BCUT2D eigenvalue weighted by Crippen LogP contribution is 2.29. The molecule has 1 atom stereocenters. The molecule has 1 fully saturated rings. The van der Waals surface area contributed by atoms with Gasteiger partial charge in [-0.1, -0.05) is 11.3 Å². The summed E-state index contributed by atoms with van der Waals surface area (Å²) < 4.78 is 4.86. The molecule has 1 aliphatic heterocycles. The largest absolute Gasteiger partial charge is 0.469 e. The molecule has 2 heterocycles. The third-order valence-electron chi connectivity index (χ3n) is 2.28.